The first kappa shape index (κ1) is 19.9. The molecule has 0 spiro atoms. The predicted molar refractivity (Wildman–Crippen MR) is 96.4 cm³/mol. The molecule has 0 atom stereocenters. The average Bonchev–Trinajstić information content (AvgIpc) is 2.67. The molecule has 0 aliphatic carbocycles. The lowest BCUT2D eigenvalue weighted by molar-refractivity contribution is -0.385. The molecule has 1 N–H and O–H groups in total. The molecule has 0 saturated heterocycles. The predicted octanol–water partition coefficient (Wildman–Crippen LogP) is 1.16. The molecule has 0 bridgehead atoms. The summed E-state index contributed by atoms with van der Waals surface area (Å²) in [5.74, 6) is -0.313. The van der Waals surface area contributed by atoms with E-state index in [2.05, 4.69) is 10.3 Å². The van der Waals surface area contributed by atoms with Gasteiger partial charge in [0.25, 0.3) is 17.2 Å². The number of benzene rings is 1. The third-order valence-electron chi connectivity index (χ3n) is 3.88. The summed E-state index contributed by atoms with van der Waals surface area (Å²) in [5.41, 5.74) is -0.116. The Morgan fingerprint density at radius 2 is 1.93 bits per heavy atom. The van der Waals surface area contributed by atoms with Crippen LogP contribution in [0.25, 0.3) is 0 Å². The quantitative estimate of drug-likeness (QED) is 0.541. The maximum atomic E-state index is 12.4. The summed E-state index contributed by atoms with van der Waals surface area (Å²) in [4.78, 5) is 39.1. The van der Waals surface area contributed by atoms with Crippen LogP contribution in [0.5, 0.6) is 11.5 Å². The minimum absolute atomic E-state index is 0.0946. The molecule has 0 aliphatic rings. The van der Waals surface area contributed by atoms with Crippen molar-refractivity contribution in [2.45, 2.75) is 19.9 Å². The van der Waals surface area contributed by atoms with E-state index in [1.165, 1.54) is 37.2 Å². The number of nitrogens with zero attached hydrogens (tertiary/aromatic N) is 3. The van der Waals surface area contributed by atoms with Crippen LogP contribution in [0.4, 0.5) is 5.69 Å². The number of hydrogen-bond donors (Lipinski definition) is 1. The lowest BCUT2D eigenvalue weighted by Crippen LogP contribution is -2.31. The molecule has 0 fully saturated rings. The highest BCUT2D eigenvalue weighted by Crippen LogP contribution is 2.34. The third-order valence-corrected chi connectivity index (χ3v) is 3.88. The van der Waals surface area contributed by atoms with E-state index in [0.717, 1.165) is 6.07 Å². The van der Waals surface area contributed by atoms with E-state index in [0.29, 0.717) is 12.1 Å². The molecule has 10 heteroatoms. The number of amides is 1. The highest BCUT2D eigenvalue weighted by molar-refractivity contribution is 5.99. The van der Waals surface area contributed by atoms with Crippen LogP contribution in [0.3, 0.4) is 0 Å². The van der Waals surface area contributed by atoms with Crippen LogP contribution in [-0.2, 0) is 13.0 Å². The molecular weight excluding hydrogens is 356 g/mol. The average molecular weight is 376 g/mol. The highest BCUT2D eigenvalue weighted by atomic mass is 16.6. The number of nitrogens with one attached hydrogen (secondary N) is 1. The lowest BCUT2D eigenvalue weighted by atomic mass is 10.1. The van der Waals surface area contributed by atoms with Gasteiger partial charge in [0.2, 0.25) is 0 Å². The van der Waals surface area contributed by atoms with Crippen LogP contribution >= 0.6 is 0 Å². The summed E-state index contributed by atoms with van der Waals surface area (Å²) in [6.45, 7) is 2.17. The molecule has 144 valence electrons. The van der Waals surface area contributed by atoms with Crippen molar-refractivity contribution in [1.82, 2.24) is 14.9 Å². The van der Waals surface area contributed by atoms with E-state index in [1.54, 1.807) is 0 Å². The van der Waals surface area contributed by atoms with Crippen LogP contribution in [0, 0.1) is 10.1 Å². The van der Waals surface area contributed by atoms with Gasteiger partial charge in [0.05, 0.1) is 31.5 Å². The van der Waals surface area contributed by atoms with Crippen LogP contribution < -0.4 is 20.3 Å². The van der Waals surface area contributed by atoms with E-state index < -0.39 is 16.5 Å². The second-order valence-corrected chi connectivity index (χ2v) is 5.50. The number of hydrogen-bond acceptors (Lipinski definition) is 7. The Labute approximate surface area is 154 Å². The molecule has 1 heterocycles. The maximum Gasteiger partial charge on any atom is 0.286 e. The molecule has 2 rings (SSSR count). The Morgan fingerprint density at radius 1 is 1.26 bits per heavy atom. The number of carbonyl (C=O) groups is 1. The molecule has 1 aromatic heterocycles. The zero-order chi connectivity index (χ0) is 20.0. The van der Waals surface area contributed by atoms with Crippen LogP contribution in [0.15, 0.2) is 29.3 Å². The fourth-order valence-electron chi connectivity index (χ4n) is 2.41. The lowest BCUT2D eigenvalue weighted by Gasteiger charge is -2.11. The van der Waals surface area contributed by atoms with Gasteiger partial charge < -0.3 is 14.8 Å². The van der Waals surface area contributed by atoms with Crippen LogP contribution in [0.1, 0.15) is 23.0 Å². The van der Waals surface area contributed by atoms with Crippen LogP contribution in [-0.4, -0.2) is 41.1 Å². The zero-order valence-corrected chi connectivity index (χ0v) is 15.2. The van der Waals surface area contributed by atoms with E-state index in [-0.39, 0.29) is 35.7 Å². The SMILES string of the molecule is CCc1cc(=O)n(CCNC(=O)c2cc(OC)c(OC)cc2[N+](=O)[O-])cn1. The molecule has 1 aromatic carbocycles. The molecule has 10 nitrogen and oxygen atoms in total. The Morgan fingerprint density at radius 3 is 2.48 bits per heavy atom. The summed E-state index contributed by atoms with van der Waals surface area (Å²) in [5, 5.41) is 13.8. The molecule has 0 aliphatic heterocycles. The second-order valence-electron chi connectivity index (χ2n) is 5.50. The van der Waals surface area contributed by atoms with Crippen molar-refractivity contribution < 1.29 is 19.2 Å². The molecule has 27 heavy (non-hydrogen) atoms. The molecular formula is C17H20N4O6. The first-order valence-electron chi connectivity index (χ1n) is 8.15. The number of methoxy groups -OCH3 is 2. The minimum Gasteiger partial charge on any atom is -0.493 e. The van der Waals surface area contributed by atoms with Gasteiger partial charge in [0.15, 0.2) is 11.5 Å². The van der Waals surface area contributed by atoms with Gasteiger partial charge in [0, 0.05) is 30.9 Å². The molecule has 0 radical (unpaired) electrons. The minimum atomic E-state index is -0.672. The molecule has 2 aromatic rings. The fraction of sp³-hybridized carbons (Fsp3) is 0.353. The second kappa shape index (κ2) is 8.79. The topological polar surface area (TPSA) is 126 Å². The first-order chi connectivity index (χ1) is 12.9. The van der Waals surface area contributed by atoms with Crippen molar-refractivity contribution in [2.24, 2.45) is 0 Å². The van der Waals surface area contributed by atoms with Gasteiger partial charge in [-0.2, -0.15) is 0 Å². The third kappa shape index (κ3) is 4.60. The van der Waals surface area contributed by atoms with Crippen molar-refractivity contribution in [2.75, 3.05) is 20.8 Å². The Kier molecular flexibility index (Phi) is 6.47. The first-order valence-corrected chi connectivity index (χ1v) is 8.15. The number of aryl methyl sites for hydroxylation is 1. The van der Waals surface area contributed by atoms with Crippen LogP contribution in [0.2, 0.25) is 0 Å². The number of rotatable bonds is 8. The van der Waals surface area contributed by atoms with E-state index in [9.17, 15) is 19.7 Å². The summed E-state index contributed by atoms with van der Waals surface area (Å²) >= 11 is 0. The van der Waals surface area contributed by atoms with Gasteiger partial charge in [-0.15, -0.1) is 0 Å². The van der Waals surface area contributed by atoms with Gasteiger partial charge in [-0.3, -0.25) is 24.3 Å². The summed E-state index contributed by atoms with van der Waals surface area (Å²) < 4.78 is 11.5. The molecule has 0 unspecified atom stereocenters. The molecule has 1 amide bonds. The van der Waals surface area contributed by atoms with Crippen molar-refractivity contribution in [3.8, 4) is 11.5 Å². The van der Waals surface area contributed by atoms with Crippen molar-refractivity contribution in [1.29, 1.82) is 0 Å². The number of nitro groups is 1. The van der Waals surface area contributed by atoms with Gasteiger partial charge in [0.1, 0.15) is 5.56 Å². The number of nitro benzene ring substituents is 1. The van der Waals surface area contributed by atoms with Gasteiger partial charge in [-0.25, -0.2) is 4.98 Å². The van der Waals surface area contributed by atoms with E-state index >= 15 is 0 Å². The van der Waals surface area contributed by atoms with Gasteiger partial charge >= 0.3 is 0 Å². The van der Waals surface area contributed by atoms with Crippen molar-refractivity contribution >= 4 is 11.6 Å². The van der Waals surface area contributed by atoms with E-state index in [1.807, 2.05) is 6.92 Å². The monoisotopic (exact) mass is 376 g/mol. The smallest absolute Gasteiger partial charge is 0.286 e. The van der Waals surface area contributed by atoms with E-state index in [4.69, 9.17) is 9.47 Å². The number of carbonyl (C=O) groups excluding carboxylic acids is 1. The van der Waals surface area contributed by atoms with Crippen molar-refractivity contribution in [3.05, 3.63) is 56.3 Å². The number of aromatic nitrogens is 2. The standard InChI is InChI=1S/C17H20N4O6/c1-4-11-7-16(22)20(10-19-11)6-5-18-17(23)12-8-14(26-2)15(27-3)9-13(12)21(24)25/h7-10H,4-6H2,1-3H3,(H,18,23). The Hall–Kier alpha value is -3.43. The Bertz CT molecular complexity index is 909. The largest absolute Gasteiger partial charge is 0.493 e. The van der Waals surface area contributed by atoms with Crippen molar-refractivity contribution in [3.63, 3.8) is 0 Å². The summed E-state index contributed by atoms with van der Waals surface area (Å²) in [6, 6.07) is 3.81. The summed E-state index contributed by atoms with van der Waals surface area (Å²) in [6.07, 6.45) is 2.06. The normalized spacial score (nSPS) is 10.3. The Balaban J connectivity index is 2.16. The number of ether oxygens (including phenoxy) is 2. The summed E-state index contributed by atoms with van der Waals surface area (Å²) in [7, 11) is 2.71. The highest BCUT2D eigenvalue weighted by Gasteiger charge is 2.24. The van der Waals surface area contributed by atoms with Gasteiger partial charge in [-0.05, 0) is 6.42 Å². The maximum absolute atomic E-state index is 12.4. The molecule has 0 saturated carbocycles. The fourth-order valence-corrected chi connectivity index (χ4v) is 2.41. The van der Waals surface area contributed by atoms with Gasteiger partial charge in [-0.1, -0.05) is 6.92 Å². The zero-order valence-electron chi connectivity index (χ0n) is 15.2.